The quantitative estimate of drug-likeness (QED) is 0.684. The molecule has 0 spiro atoms. The van der Waals surface area contributed by atoms with Gasteiger partial charge in [0.05, 0.1) is 0 Å². The lowest BCUT2D eigenvalue weighted by Crippen LogP contribution is -2.44. The summed E-state index contributed by atoms with van der Waals surface area (Å²) in [5.41, 5.74) is 0. The number of hydrogen-bond donors (Lipinski definition) is 1. The highest BCUT2D eigenvalue weighted by atomic mass is 15.2. The van der Waals surface area contributed by atoms with Crippen LogP contribution < -0.4 is 5.32 Å². The third-order valence-electron chi connectivity index (χ3n) is 2.84. The molecule has 1 saturated heterocycles. The van der Waals surface area contributed by atoms with Gasteiger partial charge in [0.1, 0.15) is 0 Å². The summed E-state index contributed by atoms with van der Waals surface area (Å²) in [4.78, 5) is 2.57. The lowest BCUT2D eigenvalue weighted by molar-refractivity contribution is 0.225. The lowest BCUT2D eigenvalue weighted by atomic mass is 10.1. The average Bonchev–Trinajstić information content (AvgIpc) is 2.16. The Kier molecular flexibility index (Phi) is 4.62. The highest BCUT2D eigenvalue weighted by Crippen LogP contribution is 2.07. The Morgan fingerprint density at radius 1 is 1.33 bits per heavy atom. The van der Waals surface area contributed by atoms with Crippen LogP contribution in [0.25, 0.3) is 0 Å². The molecule has 0 radical (unpaired) electrons. The van der Waals surface area contributed by atoms with Crippen LogP contribution in [0.4, 0.5) is 0 Å². The molecule has 0 saturated carbocycles. The van der Waals surface area contributed by atoms with Gasteiger partial charge in [-0.1, -0.05) is 20.3 Å². The Balaban J connectivity index is 2.05. The van der Waals surface area contributed by atoms with Crippen molar-refractivity contribution in [2.45, 2.75) is 26.7 Å². The minimum Gasteiger partial charge on any atom is -0.314 e. The summed E-state index contributed by atoms with van der Waals surface area (Å²) in [5.74, 6) is 0.903. The summed E-state index contributed by atoms with van der Waals surface area (Å²) in [6, 6.07) is 0. The van der Waals surface area contributed by atoms with Crippen molar-refractivity contribution in [2.24, 2.45) is 5.92 Å². The van der Waals surface area contributed by atoms with Crippen LogP contribution >= 0.6 is 0 Å². The van der Waals surface area contributed by atoms with Crippen LogP contribution in [0.5, 0.6) is 0 Å². The molecule has 72 valence electrons. The van der Waals surface area contributed by atoms with Crippen LogP contribution in [0, 0.1) is 5.92 Å². The molecular weight excluding hydrogens is 148 g/mol. The SMILES string of the molecule is CCC(C)CCN1CCNCC1. The van der Waals surface area contributed by atoms with Crippen molar-refractivity contribution in [1.82, 2.24) is 10.2 Å². The average molecular weight is 170 g/mol. The molecule has 1 heterocycles. The zero-order valence-corrected chi connectivity index (χ0v) is 8.47. The van der Waals surface area contributed by atoms with Gasteiger partial charge in [-0.05, 0) is 18.9 Å². The van der Waals surface area contributed by atoms with Crippen molar-refractivity contribution >= 4 is 0 Å². The van der Waals surface area contributed by atoms with E-state index in [-0.39, 0.29) is 0 Å². The molecular formula is C10H22N2. The Morgan fingerprint density at radius 2 is 2.00 bits per heavy atom. The molecule has 2 nitrogen and oxygen atoms in total. The molecule has 12 heavy (non-hydrogen) atoms. The molecule has 1 unspecified atom stereocenters. The number of hydrogen-bond acceptors (Lipinski definition) is 2. The molecule has 0 aromatic rings. The molecule has 0 aromatic carbocycles. The minimum atomic E-state index is 0.903. The lowest BCUT2D eigenvalue weighted by Gasteiger charge is -2.27. The Labute approximate surface area is 76.3 Å². The van der Waals surface area contributed by atoms with Crippen LogP contribution in [0.1, 0.15) is 26.7 Å². The summed E-state index contributed by atoms with van der Waals surface area (Å²) in [6.07, 6.45) is 2.70. The second-order valence-corrected chi connectivity index (χ2v) is 3.89. The zero-order chi connectivity index (χ0) is 8.81. The topological polar surface area (TPSA) is 15.3 Å². The van der Waals surface area contributed by atoms with E-state index in [4.69, 9.17) is 0 Å². The van der Waals surface area contributed by atoms with E-state index in [0.29, 0.717) is 0 Å². The predicted octanol–water partition coefficient (Wildman–Crippen LogP) is 1.33. The molecule has 1 N–H and O–H groups in total. The van der Waals surface area contributed by atoms with E-state index in [1.165, 1.54) is 45.6 Å². The smallest absolute Gasteiger partial charge is 0.0107 e. The van der Waals surface area contributed by atoms with Crippen molar-refractivity contribution < 1.29 is 0 Å². The molecule has 0 bridgehead atoms. The molecule has 1 rings (SSSR count). The fraction of sp³-hybridized carbons (Fsp3) is 1.00. The van der Waals surface area contributed by atoms with Crippen LogP contribution in [0.2, 0.25) is 0 Å². The van der Waals surface area contributed by atoms with Gasteiger partial charge in [0.2, 0.25) is 0 Å². The van der Waals surface area contributed by atoms with Gasteiger partial charge >= 0.3 is 0 Å². The van der Waals surface area contributed by atoms with Crippen molar-refractivity contribution in [2.75, 3.05) is 32.7 Å². The van der Waals surface area contributed by atoms with Crippen molar-refractivity contribution in [1.29, 1.82) is 0 Å². The summed E-state index contributed by atoms with van der Waals surface area (Å²) in [6.45, 7) is 10.8. The largest absolute Gasteiger partial charge is 0.314 e. The number of nitrogens with one attached hydrogen (secondary N) is 1. The molecule has 1 aliphatic heterocycles. The van der Waals surface area contributed by atoms with E-state index < -0.39 is 0 Å². The first-order valence-electron chi connectivity index (χ1n) is 5.26. The molecule has 1 fully saturated rings. The summed E-state index contributed by atoms with van der Waals surface area (Å²) in [7, 11) is 0. The van der Waals surface area contributed by atoms with Gasteiger partial charge in [-0.25, -0.2) is 0 Å². The predicted molar refractivity (Wildman–Crippen MR) is 53.4 cm³/mol. The maximum absolute atomic E-state index is 3.37. The number of piperazine rings is 1. The Hall–Kier alpha value is -0.0800. The molecule has 0 amide bonds. The fourth-order valence-corrected chi connectivity index (χ4v) is 1.54. The molecule has 2 heteroatoms. The van der Waals surface area contributed by atoms with E-state index >= 15 is 0 Å². The summed E-state index contributed by atoms with van der Waals surface area (Å²) < 4.78 is 0. The van der Waals surface area contributed by atoms with E-state index in [9.17, 15) is 0 Å². The molecule has 0 aromatic heterocycles. The Morgan fingerprint density at radius 3 is 2.58 bits per heavy atom. The monoisotopic (exact) mass is 170 g/mol. The van der Waals surface area contributed by atoms with Crippen molar-refractivity contribution in [3.8, 4) is 0 Å². The van der Waals surface area contributed by atoms with Crippen LogP contribution in [0.3, 0.4) is 0 Å². The number of rotatable bonds is 4. The molecule has 0 aliphatic carbocycles. The Bertz CT molecular complexity index is 108. The van der Waals surface area contributed by atoms with Gasteiger partial charge in [-0.2, -0.15) is 0 Å². The second kappa shape index (κ2) is 5.55. The standard InChI is InChI=1S/C10H22N2/c1-3-10(2)4-7-12-8-5-11-6-9-12/h10-11H,3-9H2,1-2H3. The third-order valence-corrected chi connectivity index (χ3v) is 2.84. The molecule has 1 aliphatic rings. The van der Waals surface area contributed by atoms with Crippen LogP contribution in [-0.2, 0) is 0 Å². The second-order valence-electron chi connectivity index (χ2n) is 3.89. The summed E-state index contributed by atoms with van der Waals surface area (Å²) in [5, 5.41) is 3.37. The first-order chi connectivity index (χ1) is 5.83. The summed E-state index contributed by atoms with van der Waals surface area (Å²) >= 11 is 0. The van der Waals surface area contributed by atoms with Gasteiger partial charge in [0.25, 0.3) is 0 Å². The normalized spacial score (nSPS) is 22.5. The van der Waals surface area contributed by atoms with Crippen molar-refractivity contribution in [3.63, 3.8) is 0 Å². The van der Waals surface area contributed by atoms with E-state index in [1.807, 2.05) is 0 Å². The highest BCUT2D eigenvalue weighted by molar-refractivity contribution is 4.68. The van der Waals surface area contributed by atoms with Gasteiger partial charge in [0.15, 0.2) is 0 Å². The fourth-order valence-electron chi connectivity index (χ4n) is 1.54. The maximum Gasteiger partial charge on any atom is 0.0107 e. The van der Waals surface area contributed by atoms with Crippen LogP contribution in [-0.4, -0.2) is 37.6 Å². The van der Waals surface area contributed by atoms with Crippen LogP contribution in [0.15, 0.2) is 0 Å². The minimum absolute atomic E-state index is 0.903. The number of nitrogens with zero attached hydrogens (tertiary/aromatic N) is 1. The van der Waals surface area contributed by atoms with Gasteiger partial charge in [-0.15, -0.1) is 0 Å². The maximum atomic E-state index is 3.37. The van der Waals surface area contributed by atoms with Gasteiger partial charge < -0.3 is 10.2 Å². The van der Waals surface area contributed by atoms with Gasteiger partial charge in [-0.3, -0.25) is 0 Å². The first kappa shape index (κ1) is 10.0. The zero-order valence-electron chi connectivity index (χ0n) is 8.47. The van der Waals surface area contributed by atoms with Crippen molar-refractivity contribution in [3.05, 3.63) is 0 Å². The first-order valence-corrected chi connectivity index (χ1v) is 5.26. The third kappa shape index (κ3) is 3.55. The van der Waals surface area contributed by atoms with E-state index in [0.717, 1.165) is 5.92 Å². The highest BCUT2D eigenvalue weighted by Gasteiger charge is 2.09. The molecule has 1 atom stereocenters. The van der Waals surface area contributed by atoms with E-state index in [1.54, 1.807) is 0 Å². The van der Waals surface area contributed by atoms with Gasteiger partial charge in [0, 0.05) is 26.2 Å². The van der Waals surface area contributed by atoms with E-state index in [2.05, 4.69) is 24.1 Å².